The summed E-state index contributed by atoms with van der Waals surface area (Å²) in [6.45, 7) is 8.83. The minimum atomic E-state index is -0.183. The third kappa shape index (κ3) is 4.85. The summed E-state index contributed by atoms with van der Waals surface area (Å²) in [5, 5.41) is 4.44. The fraction of sp³-hybridized carbons (Fsp3) is 0.500. The first-order valence-electron chi connectivity index (χ1n) is 5.64. The molecule has 0 unspecified atom stereocenters. The van der Waals surface area contributed by atoms with E-state index >= 15 is 0 Å². The van der Waals surface area contributed by atoms with Gasteiger partial charge in [-0.1, -0.05) is 23.5 Å². The lowest BCUT2D eigenvalue weighted by Gasteiger charge is -2.07. The molecule has 0 saturated heterocycles. The molecule has 0 fully saturated rings. The first-order chi connectivity index (χ1) is 8.50. The molecule has 0 aromatic carbocycles. The van der Waals surface area contributed by atoms with Crippen LogP contribution in [0, 0.1) is 6.92 Å². The molecule has 1 aromatic rings. The minimum absolute atomic E-state index is 0.0641. The molecule has 100 valence electrons. The predicted molar refractivity (Wildman–Crippen MR) is 72.0 cm³/mol. The van der Waals surface area contributed by atoms with Gasteiger partial charge in [-0.05, 0) is 13.8 Å². The summed E-state index contributed by atoms with van der Waals surface area (Å²) in [6, 6.07) is 0. The van der Waals surface area contributed by atoms with Crippen LogP contribution in [0.1, 0.15) is 12.6 Å². The summed E-state index contributed by atoms with van der Waals surface area (Å²) in [7, 11) is 0. The quantitative estimate of drug-likeness (QED) is 0.592. The fourth-order valence-electron chi connectivity index (χ4n) is 1.30. The second kappa shape index (κ2) is 7.13. The minimum Gasteiger partial charge on any atom is -0.375 e. The van der Waals surface area contributed by atoms with E-state index in [4.69, 9.17) is 4.74 Å². The van der Waals surface area contributed by atoms with Gasteiger partial charge in [-0.2, -0.15) is 0 Å². The Kier molecular flexibility index (Phi) is 5.80. The summed E-state index contributed by atoms with van der Waals surface area (Å²) >= 11 is 1.10. The van der Waals surface area contributed by atoms with Crippen LogP contribution < -0.4 is 10.2 Å². The Morgan fingerprint density at radius 2 is 2.33 bits per heavy atom. The van der Waals surface area contributed by atoms with Gasteiger partial charge in [0, 0.05) is 17.6 Å². The lowest BCUT2D eigenvalue weighted by Crippen LogP contribution is -2.33. The molecule has 0 spiro atoms. The zero-order chi connectivity index (χ0) is 13.5. The van der Waals surface area contributed by atoms with Crippen molar-refractivity contribution >= 4 is 17.2 Å². The van der Waals surface area contributed by atoms with Gasteiger partial charge in [0.2, 0.25) is 5.91 Å². The maximum Gasteiger partial charge on any atom is 0.307 e. The number of hydrogen-bond acceptors (Lipinski definition) is 4. The molecule has 0 bridgehead atoms. The van der Waals surface area contributed by atoms with E-state index in [2.05, 4.69) is 11.9 Å². The van der Waals surface area contributed by atoms with Crippen LogP contribution in [0.15, 0.2) is 22.3 Å². The monoisotopic (exact) mass is 270 g/mol. The highest BCUT2D eigenvalue weighted by Crippen LogP contribution is 1.98. The Morgan fingerprint density at radius 1 is 1.61 bits per heavy atom. The van der Waals surface area contributed by atoms with Gasteiger partial charge in [-0.3, -0.25) is 14.2 Å². The van der Waals surface area contributed by atoms with E-state index in [9.17, 15) is 9.59 Å². The Morgan fingerprint density at radius 3 is 2.89 bits per heavy atom. The summed E-state index contributed by atoms with van der Waals surface area (Å²) in [6.07, 6.45) is 0. The van der Waals surface area contributed by atoms with E-state index in [1.807, 2.05) is 6.92 Å². The lowest BCUT2D eigenvalue weighted by atomic mass is 10.4. The van der Waals surface area contributed by atoms with E-state index in [1.54, 1.807) is 12.3 Å². The Labute approximate surface area is 110 Å². The zero-order valence-electron chi connectivity index (χ0n) is 10.7. The number of nitrogens with one attached hydrogen (secondary N) is 1. The van der Waals surface area contributed by atoms with Gasteiger partial charge in [-0.25, -0.2) is 0 Å². The molecule has 1 N–H and O–H groups in total. The number of aryl methyl sites for hydroxylation is 1. The van der Waals surface area contributed by atoms with Crippen molar-refractivity contribution in [2.75, 3.05) is 19.8 Å². The molecule has 1 heterocycles. The molecule has 6 heteroatoms. The van der Waals surface area contributed by atoms with Crippen molar-refractivity contribution in [2.45, 2.75) is 20.4 Å². The average Bonchev–Trinajstić information content (AvgIpc) is 2.60. The first-order valence-corrected chi connectivity index (χ1v) is 6.52. The topological polar surface area (TPSA) is 60.3 Å². The first kappa shape index (κ1) is 14.7. The molecule has 1 rings (SSSR count). The van der Waals surface area contributed by atoms with Gasteiger partial charge in [0.15, 0.2) is 0 Å². The van der Waals surface area contributed by atoms with Gasteiger partial charge < -0.3 is 10.1 Å². The summed E-state index contributed by atoms with van der Waals surface area (Å²) in [4.78, 5) is 22.9. The highest BCUT2D eigenvalue weighted by atomic mass is 32.1. The normalized spacial score (nSPS) is 10.3. The number of rotatable bonds is 7. The molecule has 0 aliphatic rings. The number of hydrogen-bond donors (Lipinski definition) is 1. The van der Waals surface area contributed by atoms with Gasteiger partial charge in [0.1, 0.15) is 6.54 Å². The molecule has 1 amide bonds. The Balaban J connectivity index is 2.26. The highest BCUT2D eigenvalue weighted by molar-refractivity contribution is 7.07. The zero-order valence-corrected chi connectivity index (χ0v) is 11.5. The van der Waals surface area contributed by atoms with Crippen molar-refractivity contribution < 1.29 is 9.53 Å². The van der Waals surface area contributed by atoms with Crippen molar-refractivity contribution in [3.63, 3.8) is 0 Å². The SMILES string of the molecule is C=C(C)COCCNC(=O)Cn1c(C)csc1=O. The fourth-order valence-corrected chi connectivity index (χ4v) is 2.04. The van der Waals surface area contributed by atoms with Crippen molar-refractivity contribution in [3.05, 3.63) is 32.9 Å². The van der Waals surface area contributed by atoms with Crippen LogP contribution >= 0.6 is 11.3 Å². The van der Waals surface area contributed by atoms with Crippen LogP contribution in [-0.2, 0) is 16.1 Å². The summed E-state index contributed by atoms with van der Waals surface area (Å²) in [5.41, 5.74) is 1.75. The summed E-state index contributed by atoms with van der Waals surface area (Å²) in [5.74, 6) is -0.183. The predicted octanol–water partition coefficient (Wildman–Crippen LogP) is 0.927. The standard InChI is InChI=1S/C12H18N2O3S/c1-9(2)7-17-5-4-13-11(15)6-14-10(3)8-18-12(14)16/h8H,1,4-7H2,2-3H3,(H,13,15). The number of aromatic nitrogens is 1. The molecule has 0 aliphatic carbocycles. The van der Waals surface area contributed by atoms with Crippen LogP contribution in [-0.4, -0.2) is 30.2 Å². The second-order valence-corrected chi connectivity index (χ2v) is 4.91. The average molecular weight is 270 g/mol. The van der Waals surface area contributed by atoms with Crippen molar-refractivity contribution in [3.8, 4) is 0 Å². The van der Waals surface area contributed by atoms with E-state index in [0.717, 1.165) is 22.6 Å². The Bertz CT molecular complexity index is 476. The lowest BCUT2D eigenvalue weighted by molar-refractivity contribution is -0.121. The Hall–Kier alpha value is -1.40. The van der Waals surface area contributed by atoms with Crippen molar-refractivity contribution in [2.24, 2.45) is 0 Å². The van der Waals surface area contributed by atoms with Crippen molar-refractivity contribution in [1.82, 2.24) is 9.88 Å². The van der Waals surface area contributed by atoms with E-state index < -0.39 is 0 Å². The number of carbonyl (C=O) groups excluding carboxylic acids is 1. The maximum atomic E-state index is 11.6. The highest BCUT2D eigenvalue weighted by Gasteiger charge is 2.07. The molecular weight excluding hydrogens is 252 g/mol. The van der Waals surface area contributed by atoms with Gasteiger partial charge in [0.25, 0.3) is 0 Å². The molecule has 0 aliphatic heterocycles. The van der Waals surface area contributed by atoms with Crippen LogP contribution in [0.4, 0.5) is 0 Å². The van der Waals surface area contributed by atoms with Crippen LogP contribution in [0.2, 0.25) is 0 Å². The van der Waals surface area contributed by atoms with Gasteiger partial charge >= 0.3 is 4.87 Å². The molecule has 0 radical (unpaired) electrons. The van der Waals surface area contributed by atoms with E-state index in [-0.39, 0.29) is 17.3 Å². The van der Waals surface area contributed by atoms with Gasteiger partial charge in [-0.15, -0.1) is 0 Å². The molecule has 0 saturated carbocycles. The van der Waals surface area contributed by atoms with Crippen LogP contribution in [0.5, 0.6) is 0 Å². The number of amides is 1. The summed E-state index contributed by atoms with van der Waals surface area (Å²) < 4.78 is 6.70. The molecule has 5 nitrogen and oxygen atoms in total. The number of carbonyl (C=O) groups is 1. The molecule has 1 aromatic heterocycles. The number of ether oxygens (including phenoxy) is 1. The molecular formula is C12H18N2O3S. The van der Waals surface area contributed by atoms with E-state index in [1.165, 1.54) is 4.57 Å². The van der Waals surface area contributed by atoms with Crippen LogP contribution in [0.3, 0.4) is 0 Å². The maximum absolute atomic E-state index is 11.6. The molecule has 0 atom stereocenters. The largest absolute Gasteiger partial charge is 0.375 e. The third-order valence-corrected chi connectivity index (χ3v) is 3.08. The second-order valence-electron chi connectivity index (χ2n) is 4.09. The number of nitrogens with zero attached hydrogens (tertiary/aromatic N) is 1. The third-order valence-electron chi connectivity index (χ3n) is 2.20. The number of thiazole rings is 1. The van der Waals surface area contributed by atoms with Gasteiger partial charge in [0.05, 0.1) is 13.2 Å². The van der Waals surface area contributed by atoms with Crippen molar-refractivity contribution in [1.29, 1.82) is 0 Å². The smallest absolute Gasteiger partial charge is 0.307 e. The van der Waals surface area contributed by atoms with E-state index in [0.29, 0.717) is 19.8 Å². The van der Waals surface area contributed by atoms with Crippen LogP contribution in [0.25, 0.3) is 0 Å². The molecule has 18 heavy (non-hydrogen) atoms.